The molecule has 162 valence electrons. The zero-order chi connectivity index (χ0) is 22.3. The summed E-state index contributed by atoms with van der Waals surface area (Å²) in [6.07, 6.45) is 3.28. The van der Waals surface area contributed by atoms with E-state index in [1.54, 1.807) is 48.6 Å². The van der Waals surface area contributed by atoms with E-state index in [0.717, 1.165) is 37.6 Å². The van der Waals surface area contributed by atoms with Crippen molar-refractivity contribution < 1.29 is 14.3 Å². The number of hydrogen-bond donors (Lipinski definition) is 1. The molecule has 1 N–H and O–H groups in total. The largest absolute Gasteiger partial charge is 0.378 e. The molecule has 4 rings (SSSR count). The highest BCUT2D eigenvalue weighted by atomic mass is 35.5. The van der Waals surface area contributed by atoms with Crippen molar-refractivity contribution in [3.05, 3.63) is 101 Å². The fourth-order valence-corrected chi connectivity index (χ4v) is 3.71. The van der Waals surface area contributed by atoms with Gasteiger partial charge >= 0.3 is 0 Å². The first-order chi connectivity index (χ1) is 15.6. The summed E-state index contributed by atoms with van der Waals surface area (Å²) >= 11 is 6.10. The van der Waals surface area contributed by atoms with Crippen molar-refractivity contribution in [2.45, 2.75) is 0 Å². The first-order valence-electron chi connectivity index (χ1n) is 10.4. The molecule has 1 aliphatic rings. The van der Waals surface area contributed by atoms with Gasteiger partial charge in [-0.15, -0.1) is 0 Å². The lowest BCUT2D eigenvalue weighted by atomic mass is 10.1. The standard InChI is InChI=1S/C26H23ClN2O3/c27-24-7-2-1-6-23(24)26(31)28-21-5-3-4-19(18-21)8-13-25(30)20-9-11-22(12-10-20)29-14-16-32-17-15-29/h1-13,18H,14-17H2,(H,28,31)/b13-8+. The number of morpholine rings is 1. The van der Waals surface area contributed by atoms with E-state index in [1.807, 2.05) is 36.4 Å². The van der Waals surface area contributed by atoms with Gasteiger partial charge in [-0.25, -0.2) is 0 Å². The Hall–Kier alpha value is -3.41. The lowest BCUT2D eigenvalue weighted by Crippen LogP contribution is -2.36. The maximum Gasteiger partial charge on any atom is 0.257 e. The molecular formula is C26H23ClN2O3. The van der Waals surface area contributed by atoms with Gasteiger partial charge in [-0.3, -0.25) is 9.59 Å². The van der Waals surface area contributed by atoms with E-state index >= 15 is 0 Å². The van der Waals surface area contributed by atoms with Gasteiger partial charge in [0.15, 0.2) is 5.78 Å². The summed E-state index contributed by atoms with van der Waals surface area (Å²) in [5.74, 6) is -0.364. The molecule has 3 aromatic carbocycles. The molecular weight excluding hydrogens is 424 g/mol. The molecule has 1 saturated heterocycles. The third-order valence-electron chi connectivity index (χ3n) is 5.22. The van der Waals surface area contributed by atoms with E-state index in [2.05, 4.69) is 10.2 Å². The van der Waals surface area contributed by atoms with Crippen LogP contribution in [-0.4, -0.2) is 38.0 Å². The molecule has 0 bridgehead atoms. The molecule has 1 amide bonds. The maximum absolute atomic E-state index is 12.6. The number of ether oxygens (including phenoxy) is 1. The first kappa shape index (κ1) is 21.8. The van der Waals surface area contributed by atoms with E-state index in [1.165, 1.54) is 0 Å². The second-order valence-corrected chi connectivity index (χ2v) is 7.81. The van der Waals surface area contributed by atoms with Crippen molar-refractivity contribution in [2.24, 2.45) is 0 Å². The van der Waals surface area contributed by atoms with E-state index in [9.17, 15) is 9.59 Å². The zero-order valence-electron chi connectivity index (χ0n) is 17.5. The molecule has 5 nitrogen and oxygen atoms in total. The Bertz CT molecular complexity index is 1140. The molecule has 0 aromatic heterocycles. The minimum Gasteiger partial charge on any atom is -0.378 e. The van der Waals surface area contributed by atoms with Crippen molar-refractivity contribution in [1.29, 1.82) is 0 Å². The third-order valence-corrected chi connectivity index (χ3v) is 5.55. The molecule has 6 heteroatoms. The molecule has 0 saturated carbocycles. The van der Waals surface area contributed by atoms with Crippen LogP contribution in [0.15, 0.2) is 78.9 Å². The van der Waals surface area contributed by atoms with Crippen LogP contribution in [0, 0.1) is 0 Å². The smallest absolute Gasteiger partial charge is 0.257 e. The summed E-state index contributed by atoms with van der Waals surface area (Å²) < 4.78 is 5.38. The summed E-state index contributed by atoms with van der Waals surface area (Å²) in [6, 6.07) is 21.8. The molecule has 0 aliphatic carbocycles. The lowest BCUT2D eigenvalue weighted by Gasteiger charge is -2.28. The minimum absolute atomic E-state index is 0.0796. The van der Waals surface area contributed by atoms with Gasteiger partial charge in [-0.05, 0) is 60.2 Å². The van der Waals surface area contributed by atoms with E-state index < -0.39 is 0 Å². The number of carbonyl (C=O) groups excluding carboxylic acids is 2. The lowest BCUT2D eigenvalue weighted by molar-refractivity contribution is 0.102. The van der Waals surface area contributed by atoms with Gasteiger partial charge < -0.3 is 15.0 Å². The quantitative estimate of drug-likeness (QED) is 0.411. The summed E-state index contributed by atoms with van der Waals surface area (Å²) in [7, 11) is 0. The normalized spacial score (nSPS) is 13.8. The molecule has 1 heterocycles. The summed E-state index contributed by atoms with van der Waals surface area (Å²) in [6.45, 7) is 3.16. The van der Waals surface area contributed by atoms with Crippen LogP contribution in [0.3, 0.4) is 0 Å². The molecule has 0 radical (unpaired) electrons. The minimum atomic E-state index is -0.284. The maximum atomic E-state index is 12.6. The van der Waals surface area contributed by atoms with Crippen LogP contribution in [0.1, 0.15) is 26.3 Å². The average molecular weight is 447 g/mol. The monoisotopic (exact) mass is 446 g/mol. The highest BCUT2D eigenvalue weighted by molar-refractivity contribution is 6.34. The zero-order valence-corrected chi connectivity index (χ0v) is 18.2. The van der Waals surface area contributed by atoms with Gasteiger partial charge in [-0.2, -0.15) is 0 Å². The fourth-order valence-electron chi connectivity index (χ4n) is 3.49. The number of anilines is 2. The summed E-state index contributed by atoms with van der Waals surface area (Å²) in [4.78, 5) is 27.3. The van der Waals surface area contributed by atoms with Gasteiger partial charge in [0.05, 0.1) is 23.8 Å². The summed E-state index contributed by atoms with van der Waals surface area (Å²) in [5, 5.41) is 3.24. The number of carbonyl (C=O) groups is 2. The molecule has 0 unspecified atom stereocenters. The highest BCUT2D eigenvalue weighted by Crippen LogP contribution is 2.20. The average Bonchev–Trinajstić information content (AvgIpc) is 2.83. The van der Waals surface area contributed by atoms with Crippen molar-refractivity contribution in [1.82, 2.24) is 0 Å². The SMILES string of the molecule is O=C(/C=C/c1cccc(NC(=O)c2ccccc2Cl)c1)c1ccc(N2CCOCC2)cc1. The molecule has 0 atom stereocenters. The van der Waals surface area contributed by atoms with Crippen LogP contribution in [0.2, 0.25) is 5.02 Å². The van der Waals surface area contributed by atoms with Gasteiger partial charge in [0.1, 0.15) is 0 Å². The number of halogens is 1. The summed E-state index contributed by atoms with van der Waals surface area (Å²) in [5.41, 5.74) is 3.56. The Labute approximate surface area is 192 Å². The third kappa shape index (κ3) is 5.44. The number of benzene rings is 3. The molecule has 1 aliphatic heterocycles. The number of hydrogen-bond acceptors (Lipinski definition) is 4. The van der Waals surface area contributed by atoms with Crippen molar-refractivity contribution in [3.8, 4) is 0 Å². The number of allylic oxidation sites excluding steroid dienone is 1. The van der Waals surface area contributed by atoms with Crippen molar-refractivity contribution in [2.75, 3.05) is 36.5 Å². The number of amides is 1. The van der Waals surface area contributed by atoms with E-state index in [0.29, 0.717) is 21.8 Å². The van der Waals surface area contributed by atoms with Gasteiger partial charge in [0.25, 0.3) is 5.91 Å². The van der Waals surface area contributed by atoms with Gasteiger partial charge in [0.2, 0.25) is 0 Å². The Morgan fingerprint density at radius 3 is 2.44 bits per heavy atom. The molecule has 3 aromatic rings. The predicted molar refractivity (Wildman–Crippen MR) is 129 cm³/mol. The molecule has 1 fully saturated rings. The van der Waals surface area contributed by atoms with Crippen LogP contribution >= 0.6 is 11.6 Å². The highest BCUT2D eigenvalue weighted by Gasteiger charge is 2.12. The van der Waals surface area contributed by atoms with Crippen LogP contribution in [-0.2, 0) is 4.74 Å². The fraction of sp³-hybridized carbons (Fsp3) is 0.154. The number of nitrogens with one attached hydrogen (secondary N) is 1. The number of nitrogens with zero attached hydrogens (tertiary/aromatic N) is 1. The van der Waals surface area contributed by atoms with Crippen LogP contribution < -0.4 is 10.2 Å². The van der Waals surface area contributed by atoms with E-state index in [-0.39, 0.29) is 11.7 Å². The van der Waals surface area contributed by atoms with Crippen molar-refractivity contribution >= 4 is 40.7 Å². The van der Waals surface area contributed by atoms with E-state index in [4.69, 9.17) is 16.3 Å². The van der Waals surface area contributed by atoms with Crippen LogP contribution in [0.5, 0.6) is 0 Å². The van der Waals surface area contributed by atoms with Gasteiger partial charge in [-0.1, -0.05) is 41.9 Å². The predicted octanol–water partition coefficient (Wildman–Crippen LogP) is 5.33. The Morgan fingerprint density at radius 1 is 0.938 bits per heavy atom. The Morgan fingerprint density at radius 2 is 1.69 bits per heavy atom. The number of ketones is 1. The first-order valence-corrected chi connectivity index (χ1v) is 10.8. The molecule has 32 heavy (non-hydrogen) atoms. The Kier molecular flexibility index (Phi) is 7.00. The van der Waals surface area contributed by atoms with Crippen LogP contribution in [0.25, 0.3) is 6.08 Å². The van der Waals surface area contributed by atoms with Crippen LogP contribution in [0.4, 0.5) is 11.4 Å². The number of rotatable bonds is 6. The van der Waals surface area contributed by atoms with Crippen molar-refractivity contribution in [3.63, 3.8) is 0 Å². The molecule has 0 spiro atoms. The second kappa shape index (κ2) is 10.3. The van der Waals surface area contributed by atoms with Gasteiger partial charge in [0, 0.05) is 30.0 Å². The second-order valence-electron chi connectivity index (χ2n) is 7.40. The topological polar surface area (TPSA) is 58.6 Å². The Balaban J connectivity index is 1.40.